The molecular weight excluding hydrogens is 451 g/mol. The summed E-state index contributed by atoms with van der Waals surface area (Å²) < 4.78 is 0. The minimum Gasteiger partial charge on any atom is -0.353 e. The van der Waals surface area contributed by atoms with E-state index >= 15 is 0 Å². The normalized spacial score (nSPS) is 20.3. The number of hydrogen-bond donors (Lipinski definition) is 2. The summed E-state index contributed by atoms with van der Waals surface area (Å²) in [7, 11) is -2.11. The Labute approximate surface area is 211 Å². The molecule has 1 aliphatic carbocycles. The van der Waals surface area contributed by atoms with Gasteiger partial charge in [-0.05, 0) is 83.2 Å². The summed E-state index contributed by atoms with van der Waals surface area (Å²) in [5, 5.41) is 19.4. The second-order valence-electron chi connectivity index (χ2n) is 11.3. The Morgan fingerprint density at radius 3 is 2.00 bits per heavy atom. The highest BCUT2D eigenvalue weighted by Gasteiger charge is 2.49. The van der Waals surface area contributed by atoms with Gasteiger partial charge in [-0.15, -0.1) is 0 Å². The average molecular weight is 492 g/mol. The van der Waals surface area contributed by atoms with Gasteiger partial charge in [0.15, 0.2) is 6.16 Å². The van der Waals surface area contributed by atoms with Crippen LogP contribution in [0.1, 0.15) is 53.4 Å². The Morgan fingerprint density at radius 2 is 1.51 bits per heavy atom. The molecule has 0 atom stereocenters. The maximum atomic E-state index is 13.7. The molecule has 1 heterocycles. The molecule has 2 aromatic rings. The fourth-order valence-corrected chi connectivity index (χ4v) is 10.5. The van der Waals surface area contributed by atoms with Gasteiger partial charge in [-0.25, -0.2) is 0 Å². The van der Waals surface area contributed by atoms with Crippen molar-refractivity contribution in [1.29, 1.82) is 0 Å². The molecule has 4 rings (SSSR count). The van der Waals surface area contributed by atoms with Crippen LogP contribution in [0.2, 0.25) is 0 Å². The molecule has 0 unspecified atom stereocenters. The van der Waals surface area contributed by atoms with Crippen molar-refractivity contribution in [2.45, 2.75) is 64.5 Å². The van der Waals surface area contributed by atoms with Gasteiger partial charge in [0.05, 0.1) is 5.31 Å². The van der Waals surface area contributed by atoms with Crippen LogP contribution in [0.5, 0.6) is 0 Å². The number of rotatable bonds is 7. The van der Waals surface area contributed by atoms with Crippen molar-refractivity contribution in [3.63, 3.8) is 0 Å². The van der Waals surface area contributed by atoms with Gasteiger partial charge in [0.2, 0.25) is 0 Å². The fourth-order valence-electron chi connectivity index (χ4n) is 6.19. The Morgan fingerprint density at radius 1 is 0.971 bits per heavy atom. The number of amides is 1. The first-order valence-electron chi connectivity index (χ1n) is 12.8. The van der Waals surface area contributed by atoms with Gasteiger partial charge in [-0.2, -0.15) is 5.06 Å². The summed E-state index contributed by atoms with van der Waals surface area (Å²) in [6, 6.07) is 21.3. The molecule has 0 saturated carbocycles. The quantitative estimate of drug-likeness (QED) is 0.491. The van der Waals surface area contributed by atoms with Crippen LogP contribution in [0.15, 0.2) is 84.2 Å². The smallest absolute Gasteiger partial charge is 0.258 e. The number of allylic oxidation sites excluding steroid dienone is 4. The number of hydrogen-bond acceptors (Lipinski definition) is 3. The Bertz CT molecular complexity index is 1020. The first kappa shape index (κ1) is 25.8. The Balaban J connectivity index is 1.62. The summed E-state index contributed by atoms with van der Waals surface area (Å²) in [6.07, 6.45) is 10.8. The van der Waals surface area contributed by atoms with Crippen molar-refractivity contribution >= 4 is 23.8 Å². The second kappa shape index (κ2) is 10.4. The maximum absolute atomic E-state index is 13.7. The molecule has 4 nitrogen and oxygen atoms in total. The van der Waals surface area contributed by atoms with Crippen molar-refractivity contribution in [3.8, 4) is 0 Å². The number of carbonyl (C=O) groups is 1. The van der Waals surface area contributed by atoms with Gasteiger partial charge in [0.25, 0.3) is 5.91 Å². The van der Waals surface area contributed by atoms with E-state index in [1.165, 1.54) is 21.0 Å². The molecule has 2 aliphatic rings. The van der Waals surface area contributed by atoms with Gasteiger partial charge in [-0.3, -0.25) is 4.79 Å². The highest BCUT2D eigenvalue weighted by atomic mass is 31.2. The zero-order valence-corrected chi connectivity index (χ0v) is 22.5. The number of nitrogens with one attached hydrogen (secondary N) is 1. The monoisotopic (exact) mass is 491 g/mol. The minimum atomic E-state index is -2.11. The molecule has 0 spiro atoms. The summed E-state index contributed by atoms with van der Waals surface area (Å²) in [6.45, 7) is 8.95. The van der Waals surface area contributed by atoms with Crippen LogP contribution in [-0.2, 0) is 4.79 Å². The molecule has 0 aromatic heterocycles. The molecule has 5 heteroatoms. The predicted molar refractivity (Wildman–Crippen MR) is 148 cm³/mol. The van der Waals surface area contributed by atoms with E-state index in [0.29, 0.717) is 18.6 Å². The largest absolute Gasteiger partial charge is 0.353 e. The van der Waals surface area contributed by atoms with E-state index in [0.717, 1.165) is 25.7 Å². The van der Waals surface area contributed by atoms with Crippen LogP contribution >= 0.6 is 7.26 Å². The van der Waals surface area contributed by atoms with Gasteiger partial charge >= 0.3 is 0 Å². The first-order valence-corrected chi connectivity index (χ1v) is 14.7. The molecule has 2 N–H and O–H groups in total. The molecule has 186 valence electrons. The maximum Gasteiger partial charge on any atom is 0.258 e. The van der Waals surface area contributed by atoms with Gasteiger partial charge in [0, 0.05) is 24.0 Å². The topological polar surface area (TPSA) is 52.6 Å². The van der Waals surface area contributed by atoms with Crippen molar-refractivity contribution in [3.05, 3.63) is 84.2 Å². The van der Waals surface area contributed by atoms with Crippen molar-refractivity contribution in [2.75, 3.05) is 12.7 Å². The lowest BCUT2D eigenvalue weighted by atomic mass is 9.75. The third-order valence-corrected chi connectivity index (χ3v) is 12.0. The number of carbonyl (C=O) groups excluding carboxylic acids is 1. The first-order chi connectivity index (χ1) is 16.6. The standard InChI is InChI=1S/C30H39N2O2P/c1-29(2)20-24(21-30(3,4)32(29)34)22-31-28(33)23-35(25-14-8-5-9-15-25,26-16-10-6-11-17-26)27-18-12-7-13-19-27/h5-12,14-18,24,34H,13,19-23H2,1-4H3/p+1. The molecule has 1 amide bonds. The number of benzene rings is 2. The predicted octanol–water partition coefficient (Wildman–Crippen LogP) is 5.66. The molecule has 1 fully saturated rings. The fraction of sp³-hybridized carbons (Fsp3) is 0.433. The number of piperidine rings is 1. The van der Waals surface area contributed by atoms with E-state index in [1.807, 2.05) is 0 Å². The minimum absolute atomic E-state index is 0.114. The Kier molecular flexibility index (Phi) is 7.66. The van der Waals surface area contributed by atoms with Gasteiger partial charge < -0.3 is 10.5 Å². The van der Waals surface area contributed by atoms with Crippen molar-refractivity contribution in [2.24, 2.45) is 5.92 Å². The van der Waals surface area contributed by atoms with Crippen LogP contribution in [0.25, 0.3) is 0 Å². The Hall–Kier alpha value is -2.26. The lowest BCUT2D eigenvalue weighted by Gasteiger charge is -2.51. The lowest BCUT2D eigenvalue weighted by molar-refractivity contribution is -0.250. The summed E-state index contributed by atoms with van der Waals surface area (Å²) in [5.74, 6) is 0.439. The third kappa shape index (κ3) is 5.45. The highest BCUT2D eigenvalue weighted by molar-refractivity contribution is 7.93. The molecule has 1 saturated heterocycles. The molecule has 0 bridgehead atoms. The van der Waals surface area contributed by atoms with Crippen molar-refractivity contribution < 1.29 is 10.0 Å². The van der Waals surface area contributed by atoms with E-state index in [2.05, 4.69) is 112 Å². The van der Waals surface area contributed by atoms with E-state index in [-0.39, 0.29) is 17.0 Å². The second-order valence-corrected chi connectivity index (χ2v) is 14.8. The molecule has 2 aromatic carbocycles. The SMILES string of the molecule is CC1(C)CC(CNC(=O)C[P+](C2=CC=CCC2)(c2ccccc2)c2ccccc2)CC(C)(C)N1O. The summed E-state index contributed by atoms with van der Waals surface area (Å²) in [4.78, 5) is 13.7. The van der Waals surface area contributed by atoms with E-state index in [1.54, 1.807) is 0 Å². The molecule has 35 heavy (non-hydrogen) atoms. The molecule has 1 aliphatic heterocycles. The van der Waals surface area contributed by atoms with Gasteiger partial charge in [-0.1, -0.05) is 48.6 Å². The van der Waals surface area contributed by atoms with E-state index in [4.69, 9.17) is 0 Å². The van der Waals surface area contributed by atoms with Crippen LogP contribution in [0.4, 0.5) is 0 Å². The van der Waals surface area contributed by atoms with Crippen LogP contribution in [-0.4, -0.2) is 40.0 Å². The third-order valence-electron chi connectivity index (χ3n) is 7.57. The number of nitrogens with zero attached hydrogens (tertiary/aromatic N) is 1. The molecule has 0 radical (unpaired) electrons. The average Bonchev–Trinajstić information content (AvgIpc) is 2.86. The van der Waals surface area contributed by atoms with Crippen LogP contribution in [0.3, 0.4) is 0 Å². The van der Waals surface area contributed by atoms with Crippen LogP contribution < -0.4 is 15.9 Å². The summed E-state index contributed by atoms with van der Waals surface area (Å²) in [5.41, 5.74) is -0.636. The zero-order chi connectivity index (χ0) is 25.1. The van der Waals surface area contributed by atoms with E-state index in [9.17, 15) is 10.0 Å². The van der Waals surface area contributed by atoms with Crippen LogP contribution in [0, 0.1) is 5.92 Å². The number of hydroxylamine groups is 2. The van der Waals surface area contributed by atoms with Gasteiger partial charge in [0.1, 0.15) is 17.9 Å². The lowest BCUT2D eigenvalue weighted by Crippen LogP contribution is -2.60. The molecular formula is C30H40N2O2P+. The van der Waals surface area contributed by atoms with Crippen molar-refractivity contribution in [1.82, 2.24) is 10.4 Å². The van der Waals surface area contributed by atoms with E-state index < -0.39 is 7.26 Å². The zero-order valence-electron chi connectivity index (χ0n) is 21.6. The highest BCUT2D eigenvalue weighted by Crippen LogP contribution is 2.65. The summed E-state index contributed by atoms with van der Waals surface area (Å²) >= 11 is 0.